The summed E-state index contributed by atoms with van der Waals surface area (Å²) in [5.74, 6) is -0.654. The van der Waals surface area contributed by atoms with Crippen molar-refractivity contribution in [3.63, 3.8) is 0 Å². The summed E-state index contributed by atoms with van der Waals surface area (Å²) in [6.45, 7) is -0.175. The van der Waals surface area contributed by atoms with Crippen molar-refractivity contribution in [3.05, 3.63) is 53.5 Å². The number of nitrogens with one attached hydrogen (secondary N) is 1. The minimum absolute atomic E-state index is 0.0533. The van der Waals surface area contributed by atoms with Crippen LogP contribution in [0.4, 0.5) is 0 Å². The summed E-state index contributed by atoms with van der Waals surface area (Å²) < 4.78 is 6.11. The lowest BCUT2D eigenvalue weighted by atomic mass is 10.1. The predicted molar refractivity (Wildman–Crippen MR) is 76.3 cm³/mol. The Morgan fingerprint density at radius 2 is 2.09 bits per heavy atom. The number of Topliss-reactive ketones (excluding diaryl/α,β-unsaturated/α-hetero) is 1. The third-order valence-electron chi connectivity index (χ3n) is 3.11. The van der Waals surface area contributed by atoms with E-state index in [0.29, 0.717) is 6.29 Å². The van der Waals surface area contributed by atoms with Gasteiger partial charge in [0.15, 0.2) is 12.1 Å². The van der Waals surface area contributed by atoms with E-state index in [2.05, 4.69) is 0 Å². The SMILES string of the molecule is CN(CC(=O)Cn1ccoc1=N)C(=O)c1ccccc1C=O. The largest absolute Gasteiger partial charge is 0.432 e. The molecule has 1 amide bonds. The normalized spacial score (nSPS) is 10.2. The standard InChI is InChI=1S/C15H15N3O4/c1-17(8-12(20)9-18-6-7-22-15(18)16)14(21)13-5-3-2-4-11(13)10-19/h2-7,10,16H,8-9H2,1H3. The third kappa shape index (κ3) is 3.38. The molecular formula is C15H15N3O4. The van der Waals surface area contributed by atoms with E-state index in [1.807, 2.05) is 0 Å². The summed E-state index contributed by atoms with van der Waals surface area (Å²) in [7, 11) is 1.49. The molecule has 7 nitrogen and oxygen atoms in total. The van der Waals surface area contributed by atoms with Crippen molar-refractivity contribution in [2.75, 3.05) is 13.6 Å². The summed E-state index contributed by atoms with van der Waals surface area (Å²) in [6.07, 6.45) is 3.39. The van der Waals surface area contributed by atoms with Crippen LogP contribution < -0.4 is 5.68 Å². The summed E-state index contributed by atoms with van der Waals surface area (Å²) in [5, 5.41) is 7.42. The van der Waals surface area contributed by atoms with Crippen LogP contribution in [0.5, 0.6) is 0 Å². The van der Waals surface area contributed by atoms with Crippen LogP contribution in [0.25, 0.3) is 0 Å². The van der Waals surface area contributed by atoms with Crippen molar-refractivity contribution in [3.8, 4) is 0 Å². The number of aldehydes is 1. The molecule has 0 aliphatic rings. The highest BCUT2D eigenvalue weighted by molar-refractivity contribution is 6.02. The lowest BCUT2D eigenvalue weighted by molar-refractivity contribution is -0.120. The number of nitrogens with zero attached hydrogens (tertiary/aromatic N) is 2. The Bertz CT molecular complexity index is 760. The number of carbonyl (C=O) groups excluding carboxylic acids is 3. The van der Waals surface area contributed by atoms with E-state index >= 15 is 0 Å². The number of aromatic nitrogens is 1. The molecule has 2 rings (SSSR count). The van der Waals surface area contributed by atoms with Crippen molar-refractivity contribution in [2.45, 2.75) is 6.54 Å². The molecule has 7 heteroatoms. The number of ketones is 1. The molecular weight excluding hydrogens is 286 g/mol. The maximum absolute atomic E-state index is 12.3. The zero-order valence-corrected chi connectivity index (χ0v) is 12.0. The number of oxazole rings is 1. The van der Waals surface area contributed by atoms with E-state index in [-0.39, 0.29) is 35.7 Å². The van der Waals surface area contributed by atoms with Crippen LogP contribution in [0.2, 0.25) is 0 Å². The lowest BCUT2D eigenvalue weighted by Crippen LogP contribution is -2.35. The average molecular weight is 301 g/mol. The predicted octanol–water partition coefficient (Wildman–Crippen LogP) is 0.714. The van der Waals surface area contributed by atoms with Gasteiger partial charge in [0.05, 0.1) is 18.7 Å². The molecule has 0 fully saturated rings. The second-order valence-corrected chi connectivity index (χ2v) is 4.74. The average Bonchev–Trinajstić information content (AvgIpc) is 2.91. The van der Waals surface area contributed by atoms with Gasteiger partial charge in [0.1, 0.15) is 6.26 Å². The summed E-state index contributed by atoms with van der Waals surface area (Å²) >= 11 is 0. The number of rotatable bonds is 6. The van der Waals surface area contributed by atoms with Gasteiger partial charge < -0.3 is 9.32 Å². The van der Waals surface area contributed by atoms with Gasteiger partial charge >= 0.3 is 0 Å². The smallest absolute Gasteiger partial charge is 0.294 e. The molecule has 1 aromatic carbocycles. The Labute approximate surface area is 126 Å². The number of amides is 1. The molecule has 0 saturated heterocycles. The first-order valence-corrected chi connectivity index (χ1v) is 6.53. The second kappa shape index (κ2) is 6.66. The Hall–Kier alpha value is -2.96. The van der Waals surface area contributed by atoms with Crippen molar-refractivity contribution >= 4 is 18.0 Å². The van der Waals surface area contributed by atoms with Crippen molar-refractivity contribution < 1.29 is 18.8 Å². The minimum Gasteiger partial charge on any atom is -0.432 e. The minimum atomic E-state index is -0.403. The molecule has 1 aromatic heterocycles. The Morgan fingerprint density at radius 1 is 1.36 bits per heavy atom. The molecule has 114 valence electrons. The quantitative estimate of drug-likeness (QED) is 0.795. The number of benzene rings is 1. The van der Waals surface area contributed by atoms with Gasteiger partial charge in [-0.3, -0.25) is 24.4 Å². The highest BCUT2D eigenvalue weighted by Gasteiger charge is 2.17. The molecule has 0 aliphatic carbocycles. The van der Waals surface area contributed by atoms with Gasteiger partial charge in [0.25, 0.3) is 11.6 Å². The molecule has 0 radical (unpaired) electrons. The molecule has 1 heterocycles. The molecule has 0 spiro atoms. The summed E-state index contributed by atoms with van der Waals surface area (Å²) in [5.41, 5.74) is 0.406. The molecule has 1 N–H and O–H groups in total. The zero-order chi connectivity index (χ0) is 16.1. The second-order valence-electron chi connectivity index (χ2n) is 4.74. The molecule has 22 heavy (non-hydrogen) atoms. The maximum atomic E-state index is 12.3. The van der Waals surface area contributed by atoms with E-state index in [0.717, 1.165) is 0 Å². The van der Waals surface area contributed by atoms with Gasteiger partial charge in [-0.2, -0.15) is 0 Å². The zero-order valence-electron chi connectivity index (χ0n) is 12.0. The van der Waals surface area contributed by atoms with Gasteiger partial charge in [0, 0.05) is 18.8 Å². The molecule has 0 bridgehead atoms. The van der Waals surface area contributed by atoms with Gasteiger partial charge in [-0.25, -0.2) is 0 Å². The number of hydrogen-bond acceptors (Lipinski definition) is 5. The first kappa shape index (κ1) is 15.4. The van der Waals surface area contributed by atoms with Crippen LogP contribution in [0.15, 0.2) is 41.1 Å². The van der Waals surface area contributed by atoms with E-state index in [1.165, 1.54) is 29.0 Å². The van der Waals surface area contributed by atoms with E-state index < -0.39 is 5.91 Å². The van der Waals surface area contributed by atoms with Gasteiger partial charge in [-0.05, 0) is 6.07 Å². The molecule has 0 aliphatic heterocycles. The molecule has 2 aromatic rings. The third-order valence-corrected chi connectivity index (χ3v) is 3.11. The fourth-order valence-corrected chi connectivity index (χ4v) is 2.00. The first-order valence-electron chi connectivity index (χ1n) is 6.53. The number of likely N-dealkylation sites (N-methyl/N-ethyl adjacent to an activating group) is 1. The van der Waals surface area contributed by atoms with Crippen LogP contribution in [0.3, 0.4) is 0 Å². The van der Waals surface area contributed by atoms with Gasteiger partial charge in [-0.15, -0.1) is 0 Å². The number of hydrogen-bond donors (Lipinski definition) is 1. The fraction of sp³-hybridized carbons (Fsp3) is 0.200. The van der Waals surface area contributed by atoms with Crippen LogP contribution >= 0.6 is 0 Å². The van der Waals surface area contributed by atoms with Crippen molar-refractivity contribution in [1.29, 1.82) is 5.41 Å². The Morgan fingerprint density at radius 3 is 2.73 bits per heavy atom. The monoisotopic (exact) mass is 301 g/mol. The van der Waals surface area contributed by atoms with E-state index in [9.17, 15) is 14.4 Å². The van der Waals surface area contributed by atoms with Crippen LogP contribution in [0.1, 0.15) is 20.7 Å². The molecule has 0 unspecified atom stereocenters. The first-order chi connectivity index (χ1) is 10.5. The van der Waals surface area contributed by atoms with Crippen molar-refractivity contribution in [2.24, 2.45) is 0 Å². The fourth-order valence-electron chi connectivity index (χ4n) is 2.00. The molecule has 0 saturated carbocycles. The maximum Gasteiger partial charge on any atom is 0.294 e. The van der Waals surface area contributed by atoms with Gasteiger partial charge in [-0.1, -0.05) is 18.2 Å². The topological polar surface area (TPSA) is 96.4 Å². The number of carbonyl (C=O) groups is 3. The Kier molecular flexibility index (Phi) is 4.67. The molecule has 0 atom stereocenters. The summed E-state index contributed by atoms with van der Waals surface area (Å²) in [6, 6.07) is 6.41. The lowest BCUT2D eigenvalue weighted by Gasteiger charge is -2.17. The van der Waals surface area contributed by atoms with E-state index in [4.69, 9.17) is 9.83 Å². The van der Waals surface area contributed by atoms with E-state index in [1.54, 1.807) is 24.3 Å². The van der Waals surface area contributed by atoms with Crippen LogP contribution in [0, 0.1) is 5.41 Å². The highest BCUT2D eigenvalue weighted by Crippen LogP contribution is 2.09. The Balaban J connectivity index is 2.05. The van der Waals surface area contributed by atoms with Crippen molar-refractivity contribution in [1.82, 2.24) is 9.47 Å². The van der Waals surface area contributed by atoms with Gasteiger partial charge in [0.2, 0.25) is 0 Å². The highest BCUT2D eigenvalue weighted by atomic mass is 16.3. The van der Waals surface area contributed by atoms with Crippen LogP contribution in [-0.4, -0.2) is 41.0 Å². The van der Waals surface area contributed by atoms with Crippen LogP contribution in [-0.2, 0) is 11.3 Å². The summed E-state index contributed by atoms with van der Waals surface area (Å²) in [4.78, 5) is 36.4.